The maximum Gasteiger partial charge on any atom is 0.183 e. The van der Waals surface area contributed by atoms with Crippen LogP contribution in [0.25, 0.3) is 9.75 Å². The van der Waals surface area contributed by atoms with Gasteiger partial charge in [-0.3, -0.25) is 0 Å². The third kappa shape index (κ3) is 2.51. The van der Waals surface area contributed by atoms with Crippen molar-refractivity contribution < 1.29 is 4.57 Å². The first-order chi connectivity index (χ1) is 11.2. The van der Waals surface area contributed by atoms with Gasteiger partial charge in [0.05, 0.1) is 14.4 Å². The summed E-state index contributed by atoms with van der Waals surface area (Å²) in [6, 6.07) is 8.47. The van der Waals surface area contributed by atoms with Crippen LogP contribution in [0.1, 0.15) is 37.5 Å². The lowest BCUT2D eigenvalue weighted by Crippen LogP contribution is -2.16. The van der Waals surface area contributed by atoms with Crippen LogP contribution in [-0.4, -0.2) is 0 Å². The van der Waals surface area contributed by atoms with Crippen LogP contribution in [0.4, 0.5) is 0 Å². The van der Waals surface area contributed by atoms with Gasteiger partial charge in [0.15, 0.2) is 7.14 Å². The second kappa shape index (κ2) is 6.33. The first-order valence-corrected chi connectivity index (χ1v) is 12.4. The molecule has 0 unspecified atom stereocenters. The summed E-state index contributed by atoms with van der Waals surface area (Å²) in [5, 5.41) is 6.31. The summed E-state index contributed by atoms with van der Waals surface area (Å²) in [5.74, 6) is 0. The molecule has 3 aromatic rings. The van der Waals surface area contributed by atoms with Crippen LogP contribution in [0.15, 0.2) is 35.0 Å². The van der Waals surface area contributed by atoms with Gasteiger partial charge in [0.25, 0.3) is 0 Å². The summed E-state index contributed by atoms with van der Waals surface area (Å²) < 4.78 is 15.1. The van der Waals surface area contributed by atoms with Crippen LogP contribution < -0.4 is 15.2 Å². The van der Waals surface area contributed by atoms with E-state index in [4.69, 9.17) is 0 Å². The maximum absolute atomic E-state index is 14.0. The van der Waals surface area contributed by atoms with Crippen molar-refractivity contribution in [3.05, 3.63) is 39.9 Å². The molecule has 0 saturated carbocycles. The molecule has 1 nitrogen and oxygen atoms in total. The van der Waals surface area contributed by atoms with Crippen LogP contribution in [0.5, 0.6) is 0 Å². The fourth-order valence-electron chi connectivity index (χ4n) is 3.20. The zero-order valence-corrected chi connectivity index (χ0v) is 16.4. The zero-order valence-electron chi connectivity index (χ0n) is 13.1. The average molecular weight is 379 g/mol. The normalized spacial score (nSPS) is 14.8. The molecule has 0 saturated heterocycles. The van der Waals surface area contributed by atoms with Gasteiger partial charge in [0.2, 0.25) is 0 Å². The van der Waals surface area contributed by atoms with E-state index in [1.54, 1.807) is 34.0 Å². The standard InChI is InChI=1S/C18H19OPS3/c1-2-3-4-5-6-13-7-8-16(23-13)20(19)14-9-11-21-17(14)18-15(20)10-12-22-18/h7-12H,2-6H2,1H3. The molecule has 1 aliphatic heterocycles. The van der Waals surface area contributed by atoms with Crippen molar-refractivity contribution in [2.75, 3.05) is 0 Å². The average Bonchev–Trinajstić information content (AvgIpc) is 3.31. The Morgan fingerprint density at radius 3 is 2.26 bits per heavy atom. The van der Waals surface area contributed by atoms with E-state index in [-0.39, 0.29) is 0 Å². The van der Waals surface area contributed by atoms with E-state index in [1.165, 1.54) is 40.3 Å². The predicted octanol–water partition coefficient (Wildman–Crippen LogP) is 5.61. The first-order valence-electron chi connectivity index (χ1n) is 8.11. The summed E-state index contributed by atoms with van der Waals surface area (Å²) >= 11 is 5.22. The van der Waals surface area contributed by atoms with E-state index in [2.05, 4.69) is 41.9 Å². The molecule has 0 radical (unpaired) electrons. The number of fused-ring (bicyclic) bond motifs is 3. The minimum absolute atomic E-state index is 1.07. The summed E-state index contributed by atoms with van der Waals surface area (Å²) in [6.07, 6.45) is 6.24. The highest BCUT2D eigenvalue weighted by molar-refractivity contribution is 7.91. The summed E-state index contributed by atoms with van der Waals surface area (Å²) in [6.45, 7) is 2.24. The summed E-state index contributed by atoms with van der Waals surface area (Å²) in [5.41, 5.74) is 0. The van der Waals surface area contributed by atoms with Gasteiger partial charge in [-0.1, -0.05) is 26.2 Å². The van der Waals surface area contributed by atoms with Crippen LogP contribution in [0.2, 0.25) is 0 Å². The molecule has 23 heavy (non-hydrogen) atoms. The van der Waals surface area contributed by atoms with Gasteiger partial charge in [-0.25, -0.2) is 0 Å². The molecule has 0 bridgehead atoms. The number of rotatable bonds is 6. The third-order valence-electron chi connectivity index (χ3n) is 4.41. The molecule has 0 aromatic carbocycles. The molecular weight excluding hydrogens is 359 g/mol. The topological polar surface area (TPSA) is 17.1 Å². The van der Waals surface area contributed by atoms with E-state index >= 15 is 0 Å². The van der Waals surface area contributed by atoms with E-state index < -0.39 is 7.14 Å². The van der Waals surface area contributed by atoms with Crippen molar-refractivity contribution in [1.82, 2.24) is 0 Å². The maximum atomic E-state index is 14.0. The number of thiophene rings is 3. The first kappa shape index (κ1) is 15.8. The molecule has 0 amide bonds. The Bertz CT molecular complexity index is 826. The molecule has 5 heteroatoms. The van der Waals surface area contributed by atoms with Crippen LogP contribution in [0, 0.1) is 0 Å². The number of hydrogen-bond acceptors (Lipinski definition) is 4. The molecule has 0 spiro atoms. The lowest BCUT2D eigenvalue weighted by molar-refractivity contribution is 0.593. The van der Waals surface area contributed by atoms with E-state index in [0.29, 0.717) is 0 Å². The summed E-state index contributed by atoms with van der Waals surface area (Å²) in [4.78, 5) is 3.85. The Kier molecular flexibility index (Phi) is 4.36. The molecule has 0 aliphatic carbocycles. The van der Waals surface area contributed by atoms with Crippen molar-refractivity contribution in [3.63, 3.8) is 0 Å². The minimum Gasteiger partial charge on any atom is -0.308 e. The monoisotopic (exact) mass is 378 g/mol. The second-order valence-electron chi connectivity index (χ2n) is 5.93. The third-order valence-corrected chi connectivity index (χ3v) is 11.6. The Labute approximate surface area is 149 Å². The molecule has 3 aromatic heterocycles. The van der Waals surface area contributed by atoms with Gasteiger partial charge in [-0.05, 0) is 47.9 Å². The van der Waals surface area contributed by atoms with Gasteiger partial charge in [-0.15, -0.1) is 34.0 Å². The van der Waals surface area contributed by atoms with E-state index in [9.17, 15) is 4.57 Å². The van der Waals surface area contributed by atoms with Gasteiger partial charge in [0, 0.05) is 15.5 Å². The van der Waals surface area contributed by atoms with Crippen LogP contribution in [0.3, 0.4) is 0 Å². The highest BCUT2D eigenvalue weighted by Gasteiger charge is 2.42. The van der Waals surface area contributed by atoms with Crippen molar-refractivity contribution in [2.45, 2.75) is 39.0 Å². The Balaban J connectivity index is 1.66. The molecule has 1 aliphatic rings. The van der Waals surface area contributed by atoms with Crippen molar-refractivity contribution in [2.24, 2.45) is 0 Å². The van der Waals surface area contributed by atoms with Crippen molar-refractivity contribution in [1.29, 1.82) is 0 Å². The largest absolute Gasteiger partial charge is 0.308 e. The summed E-state index contributed by atoms with van der Waals surface area (Å²) in [7, 11) is -2.59. The van der Waals surface area contributed by atoms with E-state index in [0.717, 1.165) is 21.6 Å². The zero-order chi connectivity index (χ0) is 15.9. The van der Waals surface area contributed by atoms with Gasteiger partial charge < -0.3 is 4.57 Å². The fraction of sp³-hybridized carbons (Fsp3) is 0.333. The van der Waals surface area contributed by atoms with Gasteiger partial charge in [0.1, 0.15) is 0 Å². The predicted molar refractivity (Wildman–Crippen MR) is 106 cm³/mol. The lowest BCUT2D eigenvalue weighted by Gasteiger charge is -2.10. The number of aryl methyl sites for hydroxylation is 1. The quantitative estimate of drug-likeness (QED) is 0.315. The van der Waals surface area contributed by atoms with Gasteiger partial charge >= 0.3 is 0 Å². The Morgan fingerprint density at radius 1 is 0.913 bits per heavy atom. The van der Waals surface area contributed by atoms with Crippen molar-refractivity contribution >= 4 is 56.4 Å². The van der Waals surface area contributed by atoms with E-state index in [1.807, 2.05) is 0 Å². The number of hydrogen-bond donors (Lipinski definition) is 0. The molecular formula is C18H19OPS3. The second-order valence-corrected chi connectivity index (χ2v) is 11.9. The highest BCUT2D eigenvalue weighted by atomic mass is 32.1. The lowest BCUT2D eigenvalue weighted by atomic mass is 10.1. The molecule has 0 atom stereocenters. The molecule has 4 rings (SSSR count). The SMILES string of the molecule is CCCCCCc1ccc(P2(=O)c3ccsc3-c3sccc32)s1. The van der Waals surface area contributed by atoms with Gasteiger partial charge in [-0.2, -0.15) is 0 Å². The smallest absolute Gasteiger partial charge is 0.183 e. The van der Waals surface area contributed by atoms with Crippen LogP contribution in [-0.2, 0) is 11.0 Å². The molecule has 4 heterocycles. The number of unbranched alkanes of at least 4 members (excludes halogenated alkanes) is 3. The van der Waals surface area contributed by atoms with Crippen molar-refractivity contribution in [3.8, 4) is 9.75 Å². The Morgan fingerprint density at radius 2 is 1.61 bits per heavy atom. The van der Waals surface area contributed by atoms with Crippen LogP contribution >= 0.6 is 41.2 Å². The fourth-order valence-corrected chi connectivity index (χ4v) is 11.1. The highest BCUT2D eigenvalue weighted by Crippen LogP contribution is 2.56. The Hall–Kier alpha value is -0.670. The molecule has 0 N–H and O–H groups in total. The molecule has 120 valence electrons. The minimum atomic E-state index is -2.59. The molecule has 0 fully saturated rings.